The summed E-state index contributed by atoms with van der Waals surface area (Å²) < 4.78 is 5.23. The molecule has 1 saturated carbocycles. The molecule has 0 aromatic heterocycles. The SMILES string of the molecule is O=C1COc2cc([N+](=O)[O-])c(NC3CCCCC3)cc2N1. The van der Waals surface area contributed by atoms with E-state index in [0.29, 0.717) is 17.1 Å². The summed E-state index contributed by atoms with van der Waals surface area (Å²) in [6.45, 7) is -0.112. The smallest absolute Gasteiger partial charge is 0.296 e. The average molecular weight is 291 g/mol. The van der Waals surface area contributed by atoms with E-state index in [1.807, 2.05) is 0 Å². The highest BCUT2D eigenvalue weighted by Gasteiger charge is 2.25. The maximum atomic E-state index is 11.4. The highest BCUT2D eigenvalue weighted by Crippen LogP contribution is 2.38. The second-order valence-electron chi connectivity index (χ2n) is 5.44. The van der Waals surface area contributed by atoms with Gasteiger partial charge in [0.2, 0.25) is 0 Å². The van der Waals surface area contributed by atoms with Crippen molar-refractivity contribution in [3.8, 4) is 5.75 Å². The second kappa shape index (κ2) is 5.59. The zero-order valence-corrected chi connectivity index (χ0v) is 11.6. The molecule has 2 aliphatic rings. The Hall–Kier alpha value is -2.31. The van der Waals surface area contributed by atoms with Crippen molar-refractivity contribution in [1.29, 1.82) is 0 Å². The van der Waals surface area contributed by atoms with Crippen molar-refractivity contribution in [2.45, 2.75) is 38.1 Å². The van der Waals surface area contributed by atoms with Gasteiger partial charge in [0.25, 0.3) is 11.6 Å². The average Bonchev–Trinajstić information content (AvgIpc) is 2.47. The van der Waals surface area contributed by atoms with Gasteiger partial charge >= 0.3 is 0 Å². The van der Waals surface area contributed by atoms with E-state index in [-0.39, 0.29) is 24.2 Å². The Balaban J connectivity index is 1.91. The maximum absolute atomic E-state index is 11.4. The van der Waals surface area contributed by atoms with Gasteiger partial charge in [-0.05, 0) is 18.9 Å². The minimum atomic E-state index is -0.425. The number of fused-ring (bicyclic) bond motifs is 1. The predicted molar refractivity (Wildman–Crippen MR) is 77.7 cm³/mol. The van der Waals surface area contributed by atoms with Crippen LogP contribution in [0.25, 0.3) is 0 Å². The van der Waals surface area contributed by atoms with Crippen LogP contribution in [0.1, 0.15) is 32.1 Å². The van der Waals surface area contributed by atoms with Crippen LogP contribution < -0.4 is 15.4 Å². The fraction of sp³-hybridized carbons (Fsp3) is 0.500. The molecule has 0 radical (unpaired) electrons. The summed E-state index contributed by atoms with van der Waals surface area (Å²) in [5.74, 6) is 0.0930. The summed E-state index contributed by atoms with van der Waals surface area (Å²) in [4.78, 5) is 22.2. The Labute approximate surface area is 121 Å². The van der Waals surface area contributed by atoms with E-state index in [4.69, 9.17) is 4.74 Å². The lowest BCUT2D eigenvalue weighted by atomic mass is 9.95. The Morgan fingerprint density at radius 3 is 2.76 bits per heavy atom. The van der Waals surface area contributed by atoms with Crippen molar-refractivity contribution < 1.29 is 14.5 Å². The number of benzene rings is 1. The molecule has 1 aliphatic heterocycles. The van der Waals surface area contributed by atoms with Crippen molar-refractivity contribution >= 4 is 23.0 Å². The number of nitro groups is 1. The number of hydrogen-bond acceptors (Lipinski definition) is 5. The standard InChI is InChI=1S/C14H17N3O4/c18-14-8-21-13-7-12(17(19)20)10(6-11(13)16-14)15-9-4-2-1-3-5-9/h6-7,9,15H,1-5,8H2,(H,16,18). The number of rotatable bonds is 3. The van der Waals surface area contributed by atoms with Crippen LogP contribution in [0.2, 0.25) is 0 Å². The van der Waals surface area contributed by atoms with Crippen LogP contribution in [0.3, 0.4) is 0 Å². The first-order valence-electron chi connectivity index (χ1n) is 7.15. The molecule has 0 saturated heterocycles. The Kier molecular flexibility index (Phi) is 3.64. The lowest BCUT2D eigenvalue weighted by molar-refractivity contribution is -0.384. The quantitative estimate of drug-likeness (QED) is 0.659. The first kappa shape index (κ1) is 13.7. The molecule has 1 amide bonds. The minimum absolute atomic E-state index is 0.0181. The highest BCUT2D eigenvalue weighted by atomic mass is 16.6. The number of carbonyl (C=O) groups is 1. The van der Waals surface area contributed by atoms with Crippen molar-refractivity contribution in [3.63, 3.8) is 0 Å². The van der Waals surface area contributed by atoms with Crippen LogP contribution in [-0.2, 0) is 4.79 Å². The van der Waals surface area contributed by atoms with Crippen molar-refractivity contribution in [2.24, 2.45) is 0 Å². The summed E-state index contributed by atoms with van der Waals surface area (Å²) in [5, 5.41) is 17.2. The molecule has 2 N–H and O–H groups in total. The van der Waals surface area contributed by atoms with Gasteiger partial charge in [0.1, 0.15) is 5.69 Å². The zero-order valence-electron chi connectivity index (χ0n) is 11.6. The third-order valence-corrected chi connectivity index (χ3v) is 3.89. The van der Waals surface area contributed by atoms with Crippen molar-refractivity contribution in [3.05, 3.63) is 22.2 Å². The molecule has 1 aromatic carbocycles. The van der Waals surface area contributed by atoms with Crippen LogP contribution in [0, 0.1) is 10.1 Å². The molecule has 112 valence electrons. The first-order chi connectivity index (χ1) is 10.1. The number of anilines is 2. The van der Waals surface area contributed by atoms with Crippen LogP contribution in [0.5, 0.6) is 5.75 Å². The summed E-state index contributed by atoms with van der Waals surface area (Å²) >= 11 is 0. The monoisotopic (exact) mass is 291 g/mol. The van der Waals surface area contributed by atoms with E-state index in [2.05, 4.69) is 10.6 Å². The van der Waals surface area contributed by atoms with Crippen LogP contribution in [-0.4, -0.2) is 23.5 Å². The van der Waals surface area contributed by atoms with Crippen LogP contribution >= 0.6 is 0 Å². The number of carbonyl (C=O) groups excluding carboxylic acids is 1. The van der Waals surface area contributed by atoms with Gasteiger partial charge in [-0.1, -0.05) is 19.3 Å². The third-order valence-electron chi connectivity index (χ3n) is 3.89. The molecule has 0 spiro atoms. The minimum Gasteiger partial charge on any atom is -0.481 e. The van der Waals surface area contributed by atoms with E-state index in [1.54, 1.807) is 6.07 Å². The predicted octanol–water partition coefficient (Wildman–Crippen LogP) is 2.67. The van der Waals surface area contributed by atoms with Gasteiger partial charge in [0, 0.05) is 6.04 Å². The first-order valence-corrected chi connectivity index (χ1v) is 7.15. The molecule has 7 nitrogen and oxygen atoms in total. The van der Waals surface area contributed by atoms with Gasteiger partial charge in [-0.25, -0.2) is 0 Å². The Morgan fingerprint density at radius 1 is 1.29 bits per heavy atom. The Bertz CT molecular complexity index is 582. The summed E-state index contributed by atoms with van der Waals surface area (Å²) in [5.41, 5.74) is 0.905. The number of nitrogens with one attached hydrogen (secondary N) is 2. The van der Waals surface area contributed by atoms with Crippen LogP contribution in [0.15, 0.2) is 12.1 Å². The fourth-order valence-electron chi connectivity index (χ4n) is 2.85. The van der Waals surface area contributed by atoms with Crippen molar-refractivity contribution in [1.82, 2.24) is 0 Å². The second-order valence-corrected chi connectivity index (χ2v) is 5.44. The molecule has 21 heavy (non-hydrogen) atoms. The Morgan fingerprint density at radius 2 is 2.05 bits per heavy atom. The summed E-state index contributed by atoms with van der Waals surface area (Å²) in [7, 11) is 0. The number of ether oxygens (including phenoxy) is 1. The molecular weight excluding hydrogens is 274 g/mol. The molecule has 0 atom stereocenters. The van der Waals surface area contributed by atoms with Gasteiger partial charge in [-0.2, -0.15) is 0 Å². The molecule has 7 heteroatoms. The molecule has 1 heterocycles. The maximum Gasteiger partial charge on any atom is 0.296 e. The van der Waals surface area contributed by atoms with Gasteiger partial charge in [-0.3, -0.25) is 14.9 Å². The topological polar surface area (TPSA) is 93.5 Å². The lowest BCUT2D eigenvalue weighted by Gasteiger charge is -2.25. The number of nitrogens with zero attached hydrogens (tertiary/aromatic N) is 1. The fourth-order valence-corrected chi connectivity index (χ4v) is 2.85. The van der Waals surface area contributed by atoms with E-state index in [9.17, 15) is 14.9 Å². The summed E-state index contributed by atoms with van der Waals surface area (Å²) in [6, 6.07) is 3.22. The third kappa shape index (κ3) is 2.91. The summed E-state index contributed by atoms with van der Waals surface area (Å²) in [6.07, 6.45) is 5.51. The highest BCUT2D eigenvalue weighted by molar-refractivity contribution is 5.96. The van der Waals surface area contributed by atoms with E-state index in [0.717, 1.165) is 25.7 Å². The molecule has 1 aromatic rings. The largest absolute Gasteiger partial charge is 0.481 e. The zero-order chi connectivity index (χ0) is 14.8. The molecule has 0 unspecified atom stereocenters. The molecule has 3 rings (SSSR count). The van der Waals surface area contributed by atoms with Crippen LogP contribution in [0.4, 0.5) is 17.1 Å². The number of hydrogen-bond donors (Lipinski definition) is 2. The van der Waals surface area contributed by atoms with Gasteiger partial charge in [0.05, 0.1) is 16.7 Å². The lowest BCUT2D eigenvalue weighted by Crippen LogP contribution is -2.26. The molecular formula is C14H17N3O4. The number of amides is 1. The number of nitro benzene ring substituents is 1. The van der Waals surface area contributed by atoms with Gasteiger partial charge in [0.15, 0.2) is 12.4 Å². The van der Waals surface area contributed by atoms with E-state index >= 15 is 0 Å². The van der Waals surface area contributed by atoms with Gasteiger partial charge in [-0.15, -0.1) is 0 Å². The van der Waals surface area contributed by atoms with E-state index < -0.39 is 4.92 Å². The van der Waals surface area contributed by atoms with Gasteiger partial charge < -0.3 is 15.4 Å². The van der Waals surface area contributed by atoms with E-state index in [1.165, 1.54) is 12.5 Å². The molecule has 0 bridgehead atoms. The molecule has 1 aliphatic carbocycles. The molecule has 1 fully saturated rings. The normalized spacial score (nSPS) is 18.4. The van der Waals surface area contributed by atoms with Crippen molar-refractivity contribution in [2.75, 3.05) is 17.2 Å².